The number of carbonyl (C=O) groups excluding carboxylic acids is 2. The van der Waals surface area contributed by atoms with E-state index in [1.807, 2.05) is 30.3 Å². The predicted octanol–water partition coefficient (Wildman–Crippen LogP) is 4.14. The summed E-state index contributed by atoms with van der Waals surface area (Å²) in [6.45, 7) is 1.73. The van der Waals surface area contributed by atoms with E-state index in [0.717, 1.165) is 19.3 Å². The van der Waals surface area contributed by atoms with Crippen LogP contribution in [0.4, 0.5) is 0 Å². The molecule has 0 spiro atoms. The number of aromatic hydroxyl groups is 1. The highest BCUT2D eigenvalue weighted by molar-refractivity contribution is 6.03. The molecule has 0 atom stereocenters. The summed E-state index contributed by atoms with van der Waals surface area (Å²) in [4.78, 5) is 28.8. The topological polar surface area (TPSA) is 88.5 Å². The van der Waals surface area contributed by atoms with Crippen LogP contribution < -0.4 is 10.1 Å². The summed E-state index contributed by atoms with van der Waals surface area (Å²) in [5.41, 5.74) is 0.514. The van der Waals surface area contributed by atoms with Crippen LogP contribution in [0.2, 0.25) is 0 Å². The van der Waals surface area contributed by atoms with Crippen LogP contribution in [0.5, 0.6) is 17.2 Å². The van der Waals surface area contributed by atoms with Crippen molar-refractivity contribution >= 4 is 22.5 Å². The first-order chi connectivity index (χ1) is 14.0. The van der Waals surface area contributed by atoms with Gasteiger partial charge in [0.15, 0.2) is 17.2 Å². The number of carbonyl (C=O) groups is 2. The van der Waals surface area contributed by atoms with Gasteiger partial charge in [0, 0.05) is 22.4 Å². The summed E-state index contributed by atoms with van der Waals surface area (Å²) in [7, 11) is 0. The number of para-hydroxylation sites is 1. The molecule has 0 aliphatic heterocycles. The van der Waals surface area contributed by atoms with Crippen molar-refractivity contribution in [1.82, 2.24) is 10.3 Å². The van der Waals surface area contributed by atoms with Gasteiger partial charge in [-0.15, -0.1) is 0 Å². The van der Waals surface area contributed by atoms with Crippen LogP contribution in [-0.2, 0) is 4.79 Å². The number of aromatic nitrogens is 1. The molecule has 148 valence electrons. The molecule has 0 radical (unpaired) electrons. The maximum Gasteiger partial charge on any atom is 0.274 e. The number of nitrogens with zero attached hydrogens (tertiary/aromatic N) is 1. The summed E-state index contributed by atoms with van der Waals surface area (Å²) in [5, 5.41) is 14.4. The third kappa shape index (κ3) is 3.92. The Morgan fingerprint density at radius 3 is 2.55 bits per heavy atom. The smallest absolute Gasteiger partial charge is 0.274 e. The number of ketones is 1. The minimum absolute atomic E-state index is 0.0318. The van der Waals surface area contributed by atoms with Gasteiger partial charge in [0.05, 0.1) is 6.54 Å². The zero-order valence-electron chi connectivity index (χ0n) is 16.1. The highest BCUT2D eigenvalue weighted by Gasteiger charge is 2.26. The van der Waals surface area contributed by atoms with E-state index >= 15 is 0 Å². The van der Waals surface area contributed by atoms with Crippen LogP contribution in [-0.4, -0.2) is 28.3 Å². The Bertz CT molecular complexity index is 1080. The minimum atomic E-state index is -0.551. The second-order valence-electron chi connectivity index (χ2n) is 7.29. The zero-order valence-corrected chi connectivity index (χ0v) is 16.1. The fourth-order valence-corrected chi connectivity index (χ4v) is 3.41. The molecular weight excluding hydrogens is 368 g/mol. The second-order valence-corrected chi connectivity index (χ2v) is 7.29. The van der Waals surface area contributed by atoms with Gasteiger partial charge >= 0.3 is 0 Å². The average Bonchev–Trinajstić information content (AvgIpc) is 2.68. The standard InChI is InChI=1S/C23H22N2O4/c1-14-19-12-17(29-16-8-3-2-4-9-16)10-11-18(19)22(27)21(25-14)23(28)24-13-20(26)15-6-5-7-15/h2-4,8-12,15,27H,5-7,13H2,1H3,(H,24,28). The lowest BCUT2D eigenvalue weighted by atomic mass is 9.82. The number of hydrogen-bond donors (Lipinski definition) is 2. The monoisotopic (exact) mass is 390 g/mol. The van der Waals surface area contributed by atoms with Crippen molar-refractivity contribution in [3.05, 3.63) is 59.9 Å². The predicted molar refractivity (Wildman–Crippen MR) is 109 cm³/mol. The molecule has 1 amide bonds. The van der Waals surface area contributed by atoms with Crippen LogP contribution in [0.1, 0.15) is 35.4 Å². The Labute approximate surface area is 168 Å². The average molecular weight is 390 g/mol. The molecule has 3 aromatic rings. The van der Waals surface area contributed by atoms with E-state index in [4.69, 9.17) is 4.74 Å². The number of amides is 1. The lowest BCUT2D eigenvalue weighted by Gasteiger charge is -2.23. The van der Waals surface area contributed by atoms with Crippen molar-refractivity contribution in [2.45, 2.75) is 26.2 Å². The van der Waals surface area contributed by atoms with E-state index in [1.54, 1.807) is 25.1 Å². The molecule has 1 aliphatic carbocycles. The molecule has 0 saturated heterocycles. The molecule has 6 nitrogen and oxygen atoms in total. The molecule has 4 rings (SSSR count). The Morgan fingerprint density at radius 1 is 1.10 bits per heavy atom. The molecular formula is C23H22N2O4. The molecule has 1 heterocycles. The lowest BCUT2D eigenvalue weighted by molar-refractivity contribution is -0.124. The van der Waals surface area contributed by atoms with Crippen LogP contribution >= 0.6 is 0 Å². The quantitative estimate of drug-likeness (QED) is 0.660. The van der Waals surface area contributed by atoms with Gasteiger partial charge in [0.1, 0.15) is 11.5 Å². The molecule has 1 aliphatic rings. The number of rotatable bonds is 6. The van der Waals surface area contributed by atoms with Crippen molar-refractivity contribution in [3.63, 3.8) is 0 Å². The minimum Gasteiger partial charge on any atom is -0.505 e. The van der Waals surface area contributed by atoms with Gasteiger partial charge in [0.25, 0.3) is 5.91 Å². The zero-order chi connectivity index (χ0) is 20.4. The fourth-order valence-electron chi connectivity index (χ4n) is 3.41. The normalized spacial score (nSPS) is 13.7. The SMILES string of the molecule is Cc1nc(C(=O)NCC(=O)C2CCC2)c(O)c2ccc(Oc3ccccc3)cc12. The highest BCUT2D eigenvalue weighted by Crippen LogP contribution is 2.33. The second kappa shape index (κ2) is 7.91. The molecule has 0 bridgehead atoms. The van der Waals surface area contributed by atoms with Gasteiger partial charge in [-0.05, 0) is 50.1 Å². The molecule has 2 N–H and O–H groups in total. The molecule has 1 saturated carbocycles. The van der Waals surface area contributed by atoms with E-state index in [0.29, 0.717) is 28.0 Å². The van der Waals surface area contributed by atoms with Gasteiger partial charge in [-0.1, -0.05) is 24.6 Å². The maximum atomic E-state index is 12.5. The number of fused-ring (bicyclic) bond motifs is 1. The molecule has 0 unspecified atom stereocenters. The van der Waals surface area contributed by atoms with Crippen molar-refractivity contribution in [2.75, 3.05) is 6.54 Å². The van der Waals surface area contributed by atoms with E-state index in [1.165, 1.54) is 0 Å². The molecule has 1 aromatic heterocycles. The van der Waals surface area contributed by atoms with Gasteiger partial charge in [-0.2, -0.15) is 0 Å². The fraction of sp³-hybridized carbons (Fsp3) is 0.261. The third-order valence-electron chi connectivity index (χ3n) is 5.32. The van der Waals surface area contributed by atoms with E-state index in [2.05, 4.69) is 10.3 Å². The first-order valence-electron chi connectivity index (χ1n) is 9.70. The van der Waals surface area contributed by atoms with Gasteiger partial charge in [0.2, 0.25) is 0 Å². The number of hydrogen-bond acceptors (Lipinski definition) is 5. The van der Waals surface area contributed by atoms with E-state index in [9.17, 15) is 14.7 Å². The molecule has 6 heteroatoms. The van der Waals surface area contributed by atoms with Crippen molar-refractivity contribution in [3.8, 4) is 17.2 Å². The summed E-state index contributed by atoms with van der Waals surface area (Å²) >= 11 is 0. The van der Waals surface area contributed by atoms with Gasteiger partial charge in [-0.3, -0.25) is 9.59 Å². The number of benzene rings is 2. The van der Waals surface area contributed by atoms with Crippen LogP contribution in [0, 0.1) is 12.8 Å². The summed E-state index contributed by atoms with van der Waals surface area (Å²) < 4.78 is 5.84. The number of pyridine rings is 1. The number of aryl methyl sites for hydroxylation is 1. The number of nitrogens with one attached hydrogen (secondary N) is 1. The summed E-state index contributed by atoms with van der Waals surface area (Å²) in [6.07, 6.45) is 2.84. The molecule has 1 fully saturated rings. The Balaban J connectivity index is 1.56. The van der Waals surface area contributed by atoms with Crippen LogP contribution in [0.15, 0.2) is 48.5 Å². The Morgan fingerprint density at radius 2 is 1.86 bits per heavy atom. The number of Topliss-reactive ketones (excluding diaryl/α,β-unsaturated/α-hetero) is 1. The Kier molecular flexibility index (Phi) is 5.16. The molecule has 2 aromatic carbocycles. The first-order valence-corrected chi connectivity index (χ1v) is 9.70. The van der Waals surface area contributed by atoms with E-state index < -0.39 is 5.91 Å². The largest absolute Gasteiger partial charge is 0.505 e. The molecule has 29 heavy (non-hydrogen) atoms. The van der Waals surface area contributed by atoms with Crippen LogP contribution in [0.25, 0.3) is 10.8 Å². The van der Waals surface area contributed by atoms with Gasteiger partial charge < -0.3 is 15.2 Å². The third-order valence-corrected chi connectivity index (χ3v) is 5.32. The van der Waals surface area contributed by atoms with Crippen LogP contribution in [0.3, 0.4) is 0 Å². The van der Waals surface area contributed by atoms with Crippen molar-refractivity contribution in [2.24, 2.45) is 5.92 Å². The highest BCUT2D eigenvalue weighted by atomic mass is 16.5. The lowest BCUT2D eigenvalue weighted by Crippen LogP contribution is -2.35. The number of ether oxygens (including phenoxy) is 1. The summed E-state index contributed by atoms with van der Waals surface area (Å²) in [5.74, 6) is 0.642. The van der Waals surface area contributed by atoms with Gasteiger partial charge in [-0.25, -0.2) is 4.98 Å². The maximum absolute atomic E-state index is 12.5. The van der Waals surface area contributed by atoms with E-state index in [-0.39, 0.29) is 29.7 Å². The Hall–Kier alpha value is -3.41. The summed E-state index contributed by atoms with van der Waals surface area (Å²) in [6, 6.07) is 14.6. The van der Waals surface area contributed by atoms with Crippen molar-refractivity contribution < 1.29 is 19.4 Å². The first kappa shape index (κ1) is 18.9. The van der Waals surface area contributed by atoms with Crippen molar-refractivity contribution in [1.29, 1.82) is 0 Å².